The van der Waals surface area contributed by atoms with Crippen LogP contribution in [0, 0.1) is 4.84 Å². The SMILES string of the molecule is O=c1c(Cl)c(N2CCN(Cn3nc(-c4ccccc4)oc3=S)CC2)cnn1-c1ccccc1. The largest absolute Gasteiger partial charge is 0.409 e. The molecule has 4 aromatic rings. The Bertz CT molecular complexity index is 1360. The summed E-state index contributed by atoms with van der Waals surface area (Å²) in [5, 5.41) is 9.04. The second-order valence-corrected chi connectivity index (χ2v) is 8.41. The van der Waals surface area contributed by atoms with Crippen molar-refractivity contribution >= 4 is 29.5 Å². The molecule has 0 aliphatic carbocycles. The van der Waals surface area contributed by atoms with Crippen molar-refractivity contribution in [1.29, 1.82) is 0 Å². The third kappa shape index (κ3) is 4.47. The summed E-state index contributed by atoms with van der Waals surface area (Å²) in [6, 6.07) is 18.9. The maximum Gasteiger partial charge on any atom is 0.292 e. The van der Waals surface area contributed by atoms with Crippen molar-refractivity contribution in [3.8, 4) is 17.1 Å². The first-order valence-corrected chi connectivity index (χ1v) is 11.3. The smallest absolute Gasteiger partial charge is 0.292 e. The highest BCUT2D eigenvalue weighted by Gasteiger charge is 2.22. The van der Waals surface area contributed by atoms with Crippen LogP contribution < -0.4 is 10.5 Å². The van der Waals surface area contributed by atoms with E-state index in [4.69, 9.17) is 28.2 Å². The van der Waals surface area contributed by atoms with Gasteiger partial charge in [0, 0.05) is 31.7 Å². The predicted molar refractivity (Wildman–Crippen MR) is 129 cm³/mol. The Morgan fingerprint density at radius 2 is 1.64 bits per heavy atom. The molecule has 0 radical (unpaired) electrons. The quantitative estimate of drug-likeness (QED) is 0.402. The summed E-state index contributed by atoms with van der Waals surface area (Å²) in [6.07, 6.45) is 1.66. The maximum atomic E-state index is 12.8. The summed E-state index contributed by atoms with van der Waals surface area (Å²) in [4.78, 5) is 17.4. The Morgan fingerprint density at radius 1 is 0.970 bits per heavy atom. The topological polar surface area (TPSA) is 72.3 Å². The molecule has 33 heavy (non-hydrogen) atoms. The van der Waals surface area contributed by atoms with Gasteiger partial charge in [0.2, 0.25) is 5.89 Å². The molecule has 168 valence electrons. The molecule has 0 saturated carbocycles. The normalized spacial score (nSPS) is 14.5. The molecule has 8 nitrogen and oxygen atoms in total. The van der Waals surface area contributed by atoms with Crippen LogP contribution in [-0.4, -0.2) is 50.6 Å². The second-order valence-electron chi connectivity index (χ2n) is 7.68. The second kappa shape index (κ2) is 9.30. The zero-order valence-electron chi connectivity index (χ0n) is 17.7. The third-order valence-corrected chi connectivity index (χ3v) is 6.22. The molecule has 0 spiro atoms. The Kier molecular flexibility index (Phi) is 6.08. The van der Waals surface area contributed by atoms with Crippen molar-refractivity contribution in [2.24, 2.45) is 0 Å². The van der Waals surface area contributed by atoms with Gasteiger partial charge in [0.25, 0.3) is 10.4 Å². The van der Waals surface area contributed by atoms with Crippen LogP contribution in [0.3, 0.4) is 0 Å². The molecular weight excluding hydrogens is 460 g/mol. The molecule has 0 amide bonds. The van der Waals surface area contributed by atoms with E-state index in [-0.39, 0.29) is 10.6 Å². The van der Waals surface area contributed by atoms with Crippen LogP contribution in [0.25, 0.3) is 17.1 Å². The molecule has 2 aromatic heterocycles. The summed E-state index contributed by atoms with van der Waals surface area (Å²) in [5.74, 6) is 0.510. The van der Waals surface area contributed by atoms with Crippen LogP contribution in [0.4, 0.5) is 5.69 Å². The molecule has 10 heteroatoms. The van der Waals surface area contributed by atoms with Gasteiger partial charge in [-0.25, -0.2) is 4.68 Å². The van der Waals surface area contributed by atoms with E-state index in [1.807, 2.05) is 60.7 Å². The minimum atomic E-state index is -0.329. The number of hydrogen-bond acceptors (Lipinski definition) is 7. The van der Waals surface area contributed by atoms with Crippen molar-refractivity contribution in [3.63, 3.8) is 0 Å². The molecule has 1 aliphatic heterocycles. The molecule has 1 fully saturated rings. The number of aromatic nitrogens is 4. The molecule has 5 rings (SSSR count). The van der Waals surface area contributed by atoms with Crippen molar-refractivity contribution in [3.05, 3.63) is 87.1 Å². The zero-order valence-corrected chi connectivity index (χ0v) is 19.2. The first kappa shape index (κ1) is 21.6. The molecule has 0 bridgehead atoms. The lowest BCUT2D eigenvalue weighted by Crippen LogP contribution is -2.47. The average Bonchev–Trinajstić information content (AvgIpc) is 3.22. The Hall–Kier alpha value is -3.27. The monoisotopic (exact) mass is 480 g/mol. The Balaban J connectivity index is 1.27. The van der Waals surface area contributed by atoms with Crippen molar-refractivity contribution in [1.82, 2.24) is 24.5 Å². The van der Waals surface area contributed by atoms with Gasteiger partial charge in [0.05, 0.1) is 24.2 Å². The van der Waals surface area contributed by atoms with E-state index in [2.05, 4.69) is 20.0 Å². The van der Waals surface area contributed by atoms with Gasteiger partial charge in [-0.2, -0.15) is 9.78 Å². The van der Waals surface area contributed by atoms with Crippen molar-refractivity contribution < 1.29 is 4.42 Å². The summed E-state index contributed by atoms with van der Waals surface area (Å²) in [5.41, 5.74) is 1.89. The number of hydrogen-bond donors (Lipinski definition) is 0. The summed E-state index contributed by atoms with van der Waals surface area (Å²) >= 11 is 11.8. The zero-order chi connectivity index (χ0) is 22.8. The molecule has 0 N–H and O–H groups in total. The molecular formula is C23H21ClN6O2S. The third-order valence-electron chi connectivity index (χ3n) is 5.58. The molecule has 3 heterocycles. The highest BCUT2D eigenvalue weighted by Crippen LogP contribution is 2.23. The van der Waals surface area contributed by atoms with Gasteiger partial charge in [-0.05, 0) is 36.5 Å². The lowest BCUT2D eigenvalue weighted by molar-refractivity contribution is 0.192. The molecule has 1 aliphatic rings. The number of anilines is 1. The predicted octanol–water partition coefficient (Wildman–Crippen LogP) is 3.85. The van der Waals surface area contributed by atoms with Crippen LogP contribution in [0.15, 0.2) is 76.1 Å². The van der Waals surface area contributed by atoms with Gasteiger partial charge < -0.3 is 9.32 Å². The van der Waals surface area contributed by atoms with Crippen LogP contribution in [0.2, 0.25) is 5.02 Å². The first-order valence-electron chi connectivity index (χ1n) is 10.5. The minimum absolute atomic E-state index is 0.175. The first-order chi connectivity index (χ1) is 16.1. The van der Waals surface area contributed by atoms with E-state index < -0.39 is 0 Å². The highest BCUT2D eigenvalue weighted by atomic mass is 35.5. The lowest BCUT2D eigenvalue weighted by atomic mass is 10.2. The fraction of sp³-hybridized carbons (Fsp3) is 0.217. The van der Waals surface area contributed by atoms with Gasteiger partial charge in [-0.1, -0.05) is 48.0 Å². The number of piperazine rings is 1. The average molecular weight is 481 g/mol. The van der Waals surface area contributed by atoms with Crippen LogP contribution in [0.5, 0.6) is 0 Å². The van der Waals surface area contributed by atoms with Crippen LogP contribution in [0.1, 0.15) is 0 Å². The fourth-order valence-corrected chi connectivity index (χ4v) is 4.24. The summed E-state index contributed by atoms with van der Waals surface area (Å²) < 4.78 is 8.69. The van der Waals surface area contributed by atoms with Crippen LogP contribution in [-0.2, 0) is 6.67 Å². The fourth-order valence-electron chi connectivity index (χ4n) is 3.81. The maximum absolute atomic E-state index is 12.8. The van der Waals surface area contributed by atoms with Crippen molar-refractivity contribution in [2.75, 3.05) is 31.1 Å². The van der Waals surface area contributed by atoms with E-state index in [9.17, 15) is 4.79 Å². The summed E-state index contributed by atoms with van der Waals surface area (Å²) in [6.45, 7) is 3.45. The number of benzene rings is 2. The summed E-state index contributed by atoms with van der Waals surface area (Å²) in [7, 11) is 0. The number of halogens is 1. The lowest BCUT2D eigenvalue weighted by Gasteiger charge is -2.35. The van der Waals surface area contributed by atoms with Crippen LogP contribution >= 0.6 is 23.8 Å². The minimum Gasteiger partial charge on any atom is -0.409 e. The Morgan fingerprint density at radius 3 is 2.33 bits per heavy atom. The molecule has 1 saturated heterocycles. The van der Waals surface area contributed by atoms with E-state index in [0.717, 1.165) is 18.7 Å². The van der Waals surface area contributed by atoms with Gasteiger partial charge in [-0.3, -0.25) is 9.69 Å². The highest BCUT2D eigenvalue weighted by molar-refractivity contribution is 7.71. The number of para-hydroxylation sites is 1. The van der Waals surface area contributed by atoms with E-state index in [0.29, 0.717) is 41.9 Å². The van der Waals surface area contributed by atoms with E-state index in [1.165, 1.54) is 4.68 Å². The Labute approximate surface area is 200 Å². The van der Waals surface area contributed by atoms with E-state index >= 15 is 0 Å². The van der Waals surface area contributed by atoms with Gasteiger partial charge in [0.1, 0.15) is 5.02 Å². The molecule has 2 aromatic carbocycles. The van der Waals surface area contributed by atoms with Gasteiger partial charge >= 0.3 is 0 Å². The number of nitrogens with zero attached hydrogens (tertiary/aromatic N) is 6. The molecule has 0 unspecified atom stereocenters. The van der Waals surface area contributed by atoms with E-state index in [1.54, 1.807) is 10.9 Å². The van der Waals surface area contributed by atoms with Crippen molar-refractivity contribution in [2.45, 2.75) is 6.67 Å². The van der Waals surface area contributed by atoms with Gasteiger partial charge in [-0.15, -0.1) is 5.10 Å². The van der Waals surface area contributed by atoms with Gasteiger partial charge in [0.15, 0.2) is 0 Å². The standard InChI is InChI=1S/C23H21ClN6O2S/c24-20-19(15-25-30(22(20)31)18-9-5-2-6-10-18)28-13-11-27(12-14-28)16-29-23(33)32-21(26-29)17-7-3-1-4-8-17/h1-10,15H,11-14,16H2. The molecule has 0 atom stereocenters. The number of rotatable bonds is 5.